The molecular weight excluding hydrogens is 1060 g/mol. The molecule has 2 fully saturated rings. The van der Waals surface area contributed by atoms with Crippen molar-refractivity contribution < 1.29 is 169 Å². The molecule has 0 radical (unpaired) electrons. The summed E-state index contributed by atoms with van der Waals surface area (Å²) in [5.74, 6) is 3.95. The van der Waals surface area contributed by atoms with Gasteiger partial charge in [0.15, 0.2) is 23.0 Å². The summed E-state index contributed by atoms with van der Waals surface area (Å²) in [5.41, 5.74) is 6.87. The molecule has 4 aliphatic heterocycles. The second kappa shape index (κ2) is 36.7. The summed E-state index contributed by atoms with van der Waals surface area (Å²) in [6.07, 6.45) is 10.9. The van der Waals surface area contributed by atoms with Crippen molar-refractivity contribution in [3.8, 4) is 23.0 Å². The van der Waals surface area contributed by atoms with Gasteiger partial charge in [-0.25, -0.2) is 4.39 Å². The van der Waals surface area contributed by atoms with Gasteiger partial charge in [-0.15, -0.1) is 0 Å². The summed E-state index contributed by atoms with van der Waals surface area (Å²) in [4.78, 5) is 16.6. The van der Waals surface area contributed by atoms with Crippen LogP contribution in [0, 0.1) is 29.6 Å². The molecule has 6 atom stereocenters. The zero-order valence-electron chi connectivity index (χ0n) is 48.3. The van der Waals surface area contributed by atoms with Gasteiger partial charge in [0.2, 0.25) is 0 Å². The zero-order chi connectivity index (χ0) is 52.6. The summed E-state index contributed by atoms with van der Waals surface area (Å²) in [6.45, 7) is 19.6. The average molecular weight is 1160 g/mol. The van der Waals surface area contributed by atoms with E-state index >= 15 is 0 Å². The van der Waals surface area contributed by atoms with Crippen LogP contribution in [0.3, 0.4) is 0 Å². The molecule has 77 heavy (non-hydrogen) atoms. The number of rotatable bonds is 20. The number of hydrogen-bond donors (Lipinski definition) is 0. The fraction of sp³-hybridized carbons (Fsp3) is 0.672. The number of nitrogens with zero attached hydrogens (tertiary/aromatic N) is 2. The smallest absolute Gasteiger partial charge is 1.00 e. The van der Waals surface area contributed by atoms with Crippen LogP contribution in [0.5, 0.6) is 23.0 Å². The summed E-state index contributed by atoms with van der Waals surface area (Å²) in [6, 6.07) is 15.7. The van der Waals surface area contributed by atoms with Crippen LogP contribution in [0.25, 0.3) is 0 Å². The third-order valence-corrected chi connectivity index (χ3v) is 15.9. The van der Waals surface area contributed by atoms with E-state index in [0.717, 1.165) is 106 Å². The Morgan fingerprint density at radius 2 is 1.06 bits per heavy atom. The topological polar surface area (TPSA) is 155 Å². The molecule has 0 amide bonds. The molecule has 3 aromatic carbocycles. The first-order valence-corrected chi connectivity index (χ1v) is 27.1. The molecule has 0 unspecified atom stereocenters. The molecule has 0 spiro atoms. The van der Waals surface area contributed by atoms with Gasteiger partial charge in [0.1, 0.15) is 6.67 Å². The minimum Gasteiger partial charge on any atom is -1.00 e. The molecular formula is C58H93F2K2N2O12S-. The van der Waals surface area contributed by atoms with Crippen molar-refractivity contribution in [1.29, 1.82) is 0 Å². The van der Waals surface area contributed by atoms with E-state index in [-0.39, 0.29) is 173 Å². The Kier molecular flexibility index (Phi) is 36.3. The van der Waals surface area contributed by atoms with Crippen molar-refractivity contribution in [1.82, 2.24) is 9.80 Å². The van der Waals surface area contributed by atoms with Gasteiger partial charge in [-0.1, -0.05) is 86.9 Å². The van der Waals surface area contributed by atoms with Crippen LogP contribution < -0.4 is 132 Å². The van der Waals surface area contributed by atoms with Crippen molar-refractivity contribution in [2.45, 2.75) is 157 Å². The predicted octanol–water partition coefficient (Wildman–Crippen LogP) is 1.96. The van der Waals surface area contributed by atoms with Crippen LogP contribution in [-0.4, -0.2) is 118 Å². The van der Waals surface area contributed by atoms with Crippen LogP contribution >= 0.6 is 0 Å². The molecule has 3 aromatic rings. The average Bonchev–Trinajstić information content (AvgIpc) is 3.35. The second-order valence-electron chi connectivity index (χ2n) is 22.0. The van der Waals surface area contributed by atoms with E-state index in [2.05, 4.69) is 80.5 Å². The van der Waals surface area contributed by atoms with Gasteiger partial charge in [0.25, 0.3) is 16.6 Å². The molecule has 0 aliphatic carbocycles. The maximum Gasteiger partial charge on any atom is 1.00 e. The SMILES string of the molecule is C.C.COc1cc2c(cc1OC)[C@H]1C[C@@H](OCCOS(=O)(=O)c3ccc(C)cc3)[C@H](CCCC(C)(C)C)CN1CC2.COc1cc2c(cc1OC)[C@H]1C[C@@H](OCC[18F])[C@H](CCCC(C)(C)C)CN1CC2.O=CO[O-].[18F-].[H-].[K+].[K+]. The normalized spacial score (nSPS) is 20.6. The monoisotopic (exact) mass is 1160 g/mol. The zero-order valence-corrected chi connectivity index (χ0v) is 54.4. The van der Waals surface area contributed by atoms with E-state index in [1.54, 1.807) is 52.7 Å². The fourth-order valence-corrected chi connectivity index (χ4v) is 11.8. The molecule has 0 saturated carbocycles. The number of ether oxygens (including phenoxy) is 6. The van der Waals surface area contributed by atoms with Gasteiger partial charge < -0.3 is 44.7 Å². The van der Waals surface area contributed by atoms with E-state index < -0.39 is 16.8 Å². The van der Waals surface area contributed by atoms with Gasteiger partial charge in [-0.2, -0.15) is 8.42 Å². The molecule has 19 heteroatoms. The standard InChI is InChI=1S/C31H45NO6S.C24H38FNO3.CH2O3.2CH4.FH.2K.H/c1-22-9-11-25(12-10-22)39(33,34)38-17-16-37-28-20-27-26-19-30(36-6)29(35-5)18-23(26)13-15-32(27)21-24(28)8-7-14-31(2,3)4;1-24(2,3)9-6-7-18-16-26-11-8-17-13-22(27-4)23(28-5)14-19(17)20(26)15-21(18)29-12-10-25;2-1-4-3;;;;;;/h9-12,18-19,24,27-28H,7-8,13-17,20-21H2,1-6H3;13-14,18,20-21H,6-12,15-16H2,1-5H3;1,3H;2*1H4;1H;;;/q;;;;;;2*+1;-1/p-2/t24-,27-,28-;18-,20-,21-;;;;;;;/m11......./s1/i;25-1;;;;1-1;;;. The third-order valence-electron chi connectivity index (χ3n) is 14.5. The minimum atomic E-state index is -3.81. The number of methoxy groups -OCH3 is 4. The van der Waals surface area contributed by atoms with Gasteiger partial charge in [0.05, 0.1) is 65.4 Å². The van der Waals surface area contributed by atoms with Gasteiger partial charge >= 0.3 is 103 Å². The second-order valence-corrected chi connectivity index (χ2v) is 23.6. The maximum atomic E-state index is 12.9. The largest absolute Gasteiger partial charge is 1.00 e. The molecule has 14 nitrogen and oxygen atoms in total. The number of alkyl halides is 1. The Hall–Kier alpha value is -0.827. The van der Waals surface area contributed by atoms with E-state index in [0.29, 0.717) is 28.7 Å². The number of hydrogen-bond acceptors (Lipinski definition) is 14. The molecule has 0 bridgehead atoms. The Labute approximate surface area is 549 Å². The molecule has 4 aliphatic rings. The van der Waals surface area contributed by atoms with Crippen LogP contribution in [0.15, 0.2) is 53.4 Å². The first kappa shape index (κ1) is 76.2. The van der Waals surface area contributed by atoms with Gasteiger partial charge in [-0.3, -0.25) is 18.8 Å². The Morgan fingerprint density at radius 1 is 0.675 bits per heavy atom. The van der Waals surface area contributed by atoms with Gasteiger partial charge in [0, 0.05) is 38.3 Å². The Morgan fingerprint density at radius 3 is 1.43 bits per heavy atom. The number of aryl methyl sites for hydroxylation is 1. The van der Waals surface area contributed by atoms with Crippen molar-refractivity contribution in [2.24, 2.45) is 22.7 Å². The number of halogens is 2. The summed E-state index contributed by atoms with van der Waals surface area (Å²) in [5, 5.41) is 8.43. The fourth-order valence-electron chi connectivity index (χ4n) is 10.9. The predicted molar refractivity (Wildman–Crippen MR) is 289 cm³/mol. The van der Waals surface area contributed by atoms with E-state index in [1.165, 1.54) is 35.1 Å². The van der Waals surface area contributed by atoms with E-state index in [9.17, 15) is 12.8 Å². The van der Waals surface area contributed by atoms with Crippen LogP contribution in [0.4, 0.5) is 4.39 Å². The summed E-state index contributed by atoms with van der Waals surface area (Å²) < 4.78 is 78.1. The number of carbonyl (C=O) groups excluding carboxylic acids is 1. The van der Waals surface area contributed by atoms with Crippen molar-refractivity contribution in [2.75, 3.05) is 81.1 Å². The number of benzene rings is 3. The third kappa shape index (κ3) is 23.0. The van der Waals surface area contributed by atoms with Crippen molar-refractivity contribution in [3.63, 3.8) is 0 Å². The van der Waals surface area contributed by atoms with Crippen LogP contribution in [0.1, 0.15) is 149 Å². The molecule has 430 valence electrons. The molecule has 0 aromatic heterocycles. The number of piperidine rings is 2. The molecule has 0 N–H and O–H groups in total. The molecule has 4 heterocycles. The van der Waals surface area contributed by atoms with E-state index in [1.807, 2.05) is 6.92 Å². The molecule has 7 rings (SSSR count). The quantitative estimate of drug-likeness (QED) is 0.0405. The van der Waals surface area contributed by atoms with Crippen molar-refractivity contribution in [3.05, 3.63) is 76.3 Å². The summed E-state index contributed by atoms with van der Waals surface area (Å²) >= 11 is 0. The minimum absolute atomic E-state index is 0. The van der Waals surface area contributed by atoms with Crippen LogP contribution in [0.2, 0.25) is 0 Å². The first-order valence-electron chi connectivity index (χ1n) is 25.7. The Bertz CT molecular complexity index is 2280. The number of carbonyl (C=O) groups is 1. The first-order chi connectivity index (χ1) is 34.3. The van der Waals surface area contributed by atoms with Crippen molar-refractivity contribution >= 4 is 16.6 Å². The molecule has 2 saturated heterocycles. The summed E-state index contributed by atoms with van der Waals surface area (Å²) in [7, 11) is 2.90. The van der Waals surface area contributed by atoms with Crippen LogP contribution in [-0.2, 0) is 46.3 Å². The number of fused-ring (bicyclic) bond motifs is 6. The maximum absolute atomic E-state index is 12.9. The Balaban J connectivity index is 0. The van der Waals surface area contributed by atoms with Gasteiger partial charge in [-0.05, 0) is 140 Å². The van der Waals surface area contributed by atoms with E-state index in [4.69, 9.17) is 42.7 Å².